The van der Waals surface area contributed by atoms with E-state index in [4.69, 9.17) is 5.26 Å². The first kappa shape index (κ1) is 24.7. The van der Waals surface area contributed by atoms with Crippen LogP contribution in [0.1, 0.15) is 21.9 Å². The van der Waals surface area contributed by atoms with Crippen LogP contribution in [0.15, 0.2) is 34.5 Å². The van der Waals surface area contributed by atoms with Crippen LogP contribution in [0.4, 0.5) is 22.0 Å². The molecule has 33 heavy (non-hydrogen) atoms. The van der Waals surface area contributed by atoms with Crippen molar-refractivity contribution in [1.82, 2.24) is 15.2 Å². The molecule has 176 valence electrons. The third-order valence-corrected chi connectivity index (χ3v) is 6.40. The van der Waals surface area contributed by atoms with Crippen molar-refractivity contribution in [3.63, 3.8) is 0 Å². The molecule has 7 nitrogen and oxygen atoms in total. The molecular formula is C19H15F5N4O3S2. The smallest absolute Gasteiger partial charge is 0.406 e. The lowest BCUT2D eigenvalue weighted by Crippen LogP contribution is -2.43. The molecule has 1 saturated heterocycles. The fourth-order valence-electron chi connectivity index (χ4n) is 2.91. The summed E-state index contributed by atoms with van der Waals surface area (Å²) in [6, 6.07) is 5.68. The predicted octanol–water partition coefficient (Wildman–Crippen LogP) is 3.82. The molecule has 1 fully saturated rings. The van der Waals surface area contributed by atoms with E-state index in [0.717, 1.165) is 4.90 Å². The van der Waals surface area contributed by atoms with Crippen LogP contribution in [-0.2, 0) is 10.5 Å². The maximum atomic E-state index is 13.4. The first-order chi connectivity index (χ1) is 15.5. The van der Waals surface area contributed by atoms with Crippen LogP contribution in [0.2, 0.25) is 0 Å². The van der Waals surface area contributed by atoms with Crippen molar-refractivity contribution in [1.29, 1.82) is 5.26 Å². The molecular weight excluding hydrogens is 491 g/mol. The van der Waals surface area contributed by atoms with Gasteiger partial charge in [0.1, 0.15) is 22.5 Å². The van der Waals surface area contributed by atoms with Crippen molar-refractivity contribution in [2.24, 2.45) is 0 Å². The number of benzene rings is 1. The standard InChI is InChI=1S/C19H15F5N4O3S2/c20-18(21)5-11(6-25)28(10-18)16(29)7-26-17(30)14-8-33-15(27-14)9-32-13-3-1-12(2-4-13)31-19(22,23)24/h1-4,8,11H,5,7,9-10H2,(H,26,30)/t11-/m0/s1. The molecule has 1 aromatic heterocycles. The summed E-state index contributed by atoms with van der Waals surface area (Å²) in [5, 5.41) is 13.3. The third-order valence-electron chi connectivity index (χ3n) is 4.34. The van der Waals surface area contributed by atoms with Crippen LogP contribution >= 0.6 is 23.1 Å². The molecule has 0 aliphatic carbocycles. The zero-order valence-electron chi connectivity index (χ0n) is 16.6. The minimum absolute atomic E-state index is 0.0286. The number of nitrogens with one attached hydrogen (secondary N) is 1. The van der Waals surface area contributed by atoms with Crippen LogP contribution in [0.25, 0.3) is 0 Å². The molecule has 0 unspecified atom stereocenters. The molecule has 3 rings (SSSR count). The van der Waals surface area contributed by atoms with Gasteiger partial charge in [-0.25, -0.2) is 13.8 Å². The van der Waals surface area contributed by atoms with E-state index in [1.54, 1.807) is 6.07 Å². The van der Waals surface area contributed by atoms with E-state index in [-0.39, 0.29) is 11.4 Å². The van der Waals surface area contributed by atoms with Gasteiger partial charge in [0.15, 0.2) is 0 Å². The summed E-state index contributed by atoms with van der Waals surface area (Å²) in [4.78, 5) is 29.9. The summed E-state index contributed by atoms with van der Waals surface area (Å²) in [6.45, 7) is -1.43. The monoisotopic (exact) mass is 506 g/mol. The number of nitriles is 1. The number of hydrogen-bond acceptors (Lipinski definition) is 7. The number of ether oxygens (including phenoxy) is 1. The van der Waals surface area contributed by atoms with E-state index in [1.165, 1.54) is 52.7 Å². The molecule has 1 N–H and O–H groups in total. The summed E-state index contributed by atoms with van der Waals surface area (Å²) >= 11 is 2.45. The van der Waals surface area contributed by atoms with Crippen molar-refractivity contribution in [3.05, 3.63) is 40.3 Å². The summed E-state index contributed by atoms with van der Waals surface area (Å²) in [7, 11) is 0. The number of thioether (sulfide) groups is 1. The number of hydrogen-bond donors (Lipinski definition) is 1. The first-order valence-corrected chi connectivity index (χ1v) is 11.1. The van der Waals surface area contributed by atoms with E-state index in [0.29, 0.717) is 15.7 Å². The van der Waals surface area contributed by atoms with Crippen LogP contribution in [0, 0.1) is 11.3 Å². The molecule has 1 aliphatic rings. The van der Waals surface area contributed by atoms with Crippen molar-refractivity contribution in [3.8, 4) is 11.8 Å². The van der Waals surface area contributed by atoms with Crippen molar-refractivity contribution < 1.29 is 36.3 Å². The maximum absolute atomic E-state index is 13.4. The summed E-state index contributed by atoms with van der Waals surface area (Å²) in [5.41, 5.74) is 0.0286. The highest BCUT2D eigenvalue weighted by molar-refractivity contribution is 7.98. The Morgan fingerprint density at radius 1 is 1.33 bits per heavy atom. The number of carbonyl (C=O) groups is 2. The van der Waals surface area contributed by atoms with Crippen molar-refractivity contribution in [2.45, 2.75) is 35.4 Å². The molecule has 1 aromatic carbocycles. The topological polar surface area (TPSA) is 95.3 Å². The minimum atomic E-state index is -4.77. The number of alkyl halides is 5. The number of likely N-dealkylation sites (tertiary alicyclic amines) is 1. The fourth-order valence-corrected chi connectivity index (χ4v) is 4.60. The van der Waals surface area contributed by atoms with Crippen molar-refractivity contribution in [2.75, 3.05) is 13.1 Å². The van der Waals surface area contributed by atoms with Gasteiger partial charge in [-0.3, -0.25) is 9.59 Å². The number of amides is 2. The van der Waals surface area contributed by atoms with Crippen LogP contribution in [0.3, 0.4) is 0 Å². The van der Waals surface area contributed by atoms with Gasteiger partial charge in [-0.2, -0.15) is 5.26 Å². The average Bonchev–Trinajstić information content (AvgIpc) is 3.34. The summed E-state index contributed by atoms with van der Waals surface area (Å²) < 4.78 is 67.3. The summed E-state index contributed by atoms with van der Waals surface area (Å²) in [5.74, 6) is -4.62. The predicted molar refractivity (Wildman–Crippen MR) is 108 cm³/mol. The molecule has 0 spiro atoms. The van der Waals surface area contributed by atoms with Gasteiger partial charge in [-0.05, 0) is 24.3 Å². The second-order valence-corrected chi connectivity index (χ2v) is 8.84. The largest absolute Gasteiger partial charge is 0.573 e. The number of aromatic nitrogens is 1. The molecule has 0 bridgehead atoms. The zero-order chi connectivity index (χ0) is 24.2. The van der Waals surface area contributed by atoms with Gasteiger partial charge in [0.2, 0.25) is 5.91 Å². The molecule has 1 atom stereocenters. The van der Waals surface area contributed by atoms with Gasteiger partial charge in [-0.15, -0.1) is 36.3 Å². The molecule has 2 amide bonds. The Balaban J connectivity index is 1.48. The zero-order valence-corrected chi connectivity index (χ0v) is 18.2. The molecule has 2 aromatic rings. The highest BCUT2D eigenvalue weighted by atomic mass is 32.2. The number of thiazole rings is 1. The van der Waals surface area contributed by atoms with Gasteiger partial charge in [0, 0.05) is 16.7 Å². The van der Waals surface area contributed by atoms with Gasteiger partial charge in [0.05, 0.1) is 24.9 Å². The van der Waals surface area contributed by atoms with Crippen LogP contribution in [0.5, 0.6) is 5.75 Å². The molecule has 0 radical (unpaired) electrons. The molecule has 1 aliphatic heterocycles. The average molecular weight is 506 g/mol. The van der Waals surface area contributed by atoms with Crippen molar-refractivity contribution >= 4 is 34.9 Å². The highest BCUT2D eigenvalue weighted by Crippen LogP contribution is 2.32. The molecule has 0 saturated carbocycles. The minimum Gasteiger partial charge on any atom is -0.406 e. The quantitative estimate of drug-likeness (QED) is 0.453. The summed E-state index contributed by atoms with van der Waals surface area (Å²) in [6.07, 6.45) is -5.51. The Hall–Kier alpha value is -2.92. The van der Waals surface area contributed by atoms with E-state index in [2.05, 4.69) is 15.0 Å². The number of nitrogens with zero attached hydrogens (tertiary/aromatic N) is 3. The Morgan fingerprint density at radius 3 is 2.67 bits per heavy atom. The number of halogens is 5. The Bertz CT molecular complexity index is 1050. The molecule has 2 heterocycles. The maximum Gasteiger partial charge on any atom is 0.573 e. The van der Waals surface area contributed by atoms with Gasteiger partial charge in [0.25, 0.3) is 11.8 Å². The first-order valence-electron chi connectivity index (χ1n) is 9.24. The lowest BCUT2D eigenvalue weighted by atomic mass is 10.2. The van der Waals surface area contributed by atoms with E-state index < -0.39 is 49.7 Å². The van der Waals surface area contributed by atoms with E-state index >= 15 is 0 Å². The lowest BCUT2D eigenvalue weighted by molar-refractivity contribution is -0.274. The Labute approximate surface area is 192 Å². The fraction of sp³-hybridized carbons (Fsp3) is 0.368. The second-order valence-electron chi connectivity index (χ2n) is 6.84. The van der Waals surface area contributed by atoms with Gasteiger partial charge in [-0.1, -0.05) is 0 Å². The van der Waals surface area contributed by atoms with E-state index in [1.807, 2.05) is 0 Å². The van der Waals surface area contributed by atoms with Crippen LogP contribution in [-0.4, -0.2) is 53.1 Å². The second kappa shape index (κ2) is 9.92. The molecule has 14 heteroatoms. The SMILES string of the molecule is N#C[C@@H]1CC(F)(F)CN1C(=O)CNC(=O)c1csc(CSc2ccc(OC(F)(F)F)cc2)n1. The van der Waals surface area contributed by atoms with Gasteiger partial charge < -0.3 is 15.0 Å². The third kappa shape index (κ3) is 7.03. The van der Waals surface area contributed by atoms with Gasteiger partial charge >= 0.3 is 6.36 Å². The Morgan fingerprint density at radius 2 is 2.03 bits per heavy atom. The number of carbonyl (C=O) groups excluding carboxylic acids is 2. The van der Waals surface area contributed by atoms with Crippen LogP contribution < -0.4 is 10.1 Å². The lowest BCUT2D eigenvalue weighted by Gasteiger charge is -2.19. The highest BCUT2D eigenvalue weighted by Gasteiger charge is 2.47. The number of rotatable bonds is 7. The Kier molecular flexibility index (Phi) is 7.43. The normalized spacial score (nSPS) is 17.5. The van der Waals surface area contributed by atoms with E-state index in [9.17, 15) is 31.5 Å².